The molecule has 1 aromatic rings. The maximum absolute atomic E-state index is 11.8. The standard InChI is InChI=1S/C16H22N2O8/c19-7-10-13(21)14(22)12(15(23)26-10)18-11(20)6-17-16(24)25-8-9-4-2-1-3-5-9/h1-5,10,12-15,19,21-23H,6-8H2,(H,17,24)(H,18,20)/t10-,12+,13-,14+,15-/m1/s1. The maximum atomic E-state index is 11.8. The third-order valence-electron chi connectivity index (χ3n) is 3.83. The zero-order valence-electron chi connectivity index (χ0n) is 13.8. The van der Waals surface area contributed by atoms with Crippen LogP contribution in [-0.2, 0) is 20.9 Å². The van der Waals surface area contributed by atoms with E-state index < -0.39 is 55.8 Å². The second-order valence-corrected chi connectivity index (χ2v) is 5.74. The van der Waals surface area contributed by atoms with E-state index >= 15 is 0 Å². The fourth-order valence-corrected chi connectivity index (χ4v) is 2.42. The summed E-state index contributed by atoms with van der Waals surface area (Å²) in [6.07, 6.45) is -6.65. The molecule has 0 saturated carbocycles. The van der Waals surface area contributed by atoms with Gasteiger partial charge in [0.15, 0.2) is 6.29 Å². The molecule has 1 aliphatic rings. The predicted molar refractivity (Wildman–Crippen MR) is 86.5 cm³/mol. The Labute approximate surface area is 149 Å². The van der Waals surface area contributed by atoms with Crippen molar-refractivity contribution >= 4 is 12.0 Å². The molecule has 1 fully saturated rings. The maximum Gasteiger partial charge on any atom is 0.407 e. The number of hydrogen-bond donors (Lipinski definition) is 6. The van der Waals surface area contributed by atoms with Crippen molar-refractivity contribution < 1.29 is 39.5 Å². The Kier molecular flexibility index (Phi) is 7.30. The lowest BCUT2D eigenvalue weighted by atomic mass is 9.97. The quantitative estimate of drug-likeness (QED) is 0.330. The van der Waals surface area contributed by atoms with E-state index in [1.54, 1.807) is 24.3 Å². The number of aliphatic hydroxyl groups is 4. The fraction of sp³-hybridized carbons (Fsp3) is 0.500. The van der Waals surface area contributed by atoms with E-state index in [0.717, 1.165) is 5.56 Å². The second-order valence-electron chi connectivity index (χ2n) is 5.74. The molecule has 10 nitrogen and oxygen atoms in total. The van der Waals surface area contributed by atoms with Crippen molar-refractivity contribution in [2.24, 2.45) is 0 Å². The van der Waals surface area contributed by atoms with Gasteiger partial charge < -0.3 is 40.5 Å². The van der Waals surface area contributed by atoms with Gasteiger partial charge in [0, 0.05) is 0 Å². The number of nitrogens with one attached hydrogen (secondary N) is 2. The monoisotopic (exact) mass is 370 g/mol. The zero-order valence-corrected chi connectivity index (χ0v) is 13.8. The number of amides is 2. The molecule has 144 valence electrons. The molecule has 0 radical (unpaired) electrons. The summed E-state index contributed by atoms with van der Waals surface area (Å²) in [5.41, 5.74) is 0.783. The molecular weight excluding hydrogens is 348 g/mol. The van der Waals surface area contributed by atoms with Crippen molar-refractivity contribution in [3.63, 3.8) is 0 Å². The van der Waals surface area contributed by atoms with E-state index in [2.05, 4.69) is 10.6 Å². The Morgan fingerprint density at radius 1 is 1.12 bits per heavy atom. The predicted octanol–water partition coefficient (Wildman–Crippen LogP) is -2.17. The highest BCUT2D eigenvalue weighted by atomic mass is 16.6. The Morgan fingerprint density at radius 2 is 1.81 bits per heavy atom. The molecule has 26 heavy (non-hydrogen) atoms. The summed E-state index contributed by atoms with van der Waals surface area (Å²) >= 11 is 0. The molecule has 0 spiro atoms. The van der Waals surface area contributed by atoms with E-state index in [1.807, 2.05) is 6.07 Å². The molecule has 0 bridgehead atoms. The van der Waals surface area contributed by atoms with Gasteiger partial charge in [0.2, 0.25) is 5.91 Å². The molecule has 2 rings (SSSR count). The van der Waals surface area contributed by atoms with Crippen LogP contribution in [0.4, 0.5) is 4.79 Å². The molecule has 2 amide bonds. The van der Waals surface area contributed by atoms with Crippen LogP contribution in [0, 0.1) is 0 Å². The lowest BCUT2D eigenvalue weighted by Crippen LogP contribution is -2.64. The van der Waals surface area contributed by atoms with Crippen LogP contribution in [0.2, 0.25) is 0 Å². The molecule has 6 N–H and O–H groups in total. The van der Waals surface area contributed by atoms with Gasteiger partial charge in [0.25, 0.3) is 0 Å². The highest BCUT2D eigenvalue weighted by Gasteiger charge is 2.44. The SMILES string of the molecule is O=C(CNC(=O)OCc1ccccc1)N[C@H]1[C@H](O)[C@H](O)[C@@H](CO)O[C@H]1O. The number of alkyl carbamates (subject to hydrolysis) is 1. The smallest absolute Gasteiger partial charge is 0.407 e. The van der Waals surface area contributed by atoms with Gasteiger partial charge in [-0.05, 0) is 5.56 Å². The minimum atomic E-state index is -1.63. The van der Waals surface area contributed by atoms with Crippen LogP contribution in [0.3, 0.4) is 0 Å². The first-order valence-corrected chi connectivity index (χ1v) is 7.96. The van der Waals surface area contributed by atoms with E-state index in [4.69, 9.17) is 14.6 Å². The van der Waals surface area contributed by atoms with E-state index in [0.29, 0.717) is 0 Å². The van der Waals surface area contributed by atoms with Crippen LogP contribution >= 0.6 is 0 Å². The second kappa shape index (κ2) is 9.46. The van der Waals surface area contributed by atoms with Crippen LogP contribution in [-0.4, -0.2) is 76.2 Å². The van der Waals surface area contributed by atoms with Gasteiger partial charge in [-0.15, -0.1) is 0 Å². The first-order chi connectivity index (χ1) is 12.4. The molecule has 0 unspecified atom stereocenters. The van der Waals surface area contributed by atoms with Crippen LogP contribution in [0.1, 0.15) is 5.56 Å². The van der Waals surface area contributed by atoms with Gasteiger partial charge in [-0.3, -0.25) is 4.79 Å². The number of aliphatic hydroxyl groups excluding tert-OH is 4. The zero-order chi connectivity index (χ0) is 19.1. The minimum absolute atomic E-state index is 0.0386. The van der Waals surface area contributed by atoms with E-state index in [-0.39, 0.29) is 6.61 Å². The summed E-state index contributed by atoms with van der Waals surface area (Å²) in [4.78, 5) is 23.4. The molecule has 0 aromatic heterocycles. The van der Waals surface area contributed by atoms with Crippen molar-refractivity contribution in [1.82, 2.24) is 10.6 Å². The molecule has 1 saturated heterocycles. The first kappa shape index (κ1) is 20.1. The number of carbonyl (C=O) groups is 2. The fourth-order valence-electron chi connectivity index (χ4n) is 2.42. The van der Waals surface area contributed by atoms with Gasteiger partial charge in [0.1, 0.15) is 37.5 Å². The average molecular weight is 370 g/mol. The summed E-state index contributed by atoms with van der Waals surface area (Å²) in [5, 5.41) is 42.9. The molecule has 1 aromatic carbocycles. The van der Waals surface area contributed by atoms with Crippen molar-refractivity contribution in [1.29, 1.82) is 0 Å². The molecule has 1 aliphatic heterocycles. The summed E-state index contributed by atoms with van der Waals surface area (Å²) in [7, 11) is 0. The number of hydrogen-bond acceptors (Lipinski definition) is 8. The van der Waals surface area contributed by atoms with Gasteiger partial charge in [-0.1, -0.05) is 30.3 Å². The number of carbonyl (C=O) groups excluding carboxylic acids is 2. The topological polar surface area (TPSA) is 158 Å². The summed E-state index contributed by atoms with van der Waals surface area (Å²) in [6, 6.07) is 7.65. The summed E-state index contributed by atoms with van der Waals surface area (Å²) in [5.74, 6) is -0.733. The van der Waals surface area contributed by atoms with Gasteiger partial charge >= 0.3 is 6.09 Å². The van der Waals surface area contributed by atoms with Crippen molar-refractivity contribution in [2.45, 2.75) is 37.3 Å². The van der Waals surface area contributed by atoms with Gasteiger partial charge in [0.05, 0.1) is 6.61 Å². The molecule has 10 heteroatoms. The molecular formula is C16H22N2O8. The Morgan fingerprint density at radius 3 is 2.46 bits per heavy atom. The van der Waals surface area contributed by atoms with Crippen molar-refractivity contribution in [3.05, 3.63) is 35.9 Å². The van der Waals surface area contributed by atoms with Crippen LogP contribution < -0.4 is 10.6 Å². The normalized spacial score (nSPS) is 28.2. The molecule has 5 atom stereocenters. The Balaban J connectivity index is 1.75. The lowest BCUT2D eigenvalue weighted by Gasteiger charge is -2.40. The average Bonchev–Trinajstić information content (AvgIpc) is 2.65. The lowest BCUT2D eigenvalue weighted by molar-refractivity contribution is -0.253. The van der Waals surface area contributed by atoms with Crippen LogP contribution in [0.15, 0.2) is 30.3 Å². The van der Waals surface area contributed by atoms with E-state index in [9.17, 15) is 24.9 Å². The van der Waals surface area contributed by atoms with E-state index in [1.165, 1.54) is 0 Å². The summed E-state index contributed by atoms with van der Waals surface area (Å²) in [6.45, 7) is -1.04. The van der Waals surface area contributed by atoms with Crippen LogP contribution in [0.5, 0.6) is 0 Å². The van der Waals surface area contributed by atoms with Crippen molar-refractivity contribution in [2.75, 3.05) is 13.2 Å². The highest BCUT2D eigenvalue weighted by Crippen LogP contribution is 2.19. The number of rotatable bonds is 6. The summed E-state index contributed by atoms with van der Waals surface area (Å²) < 4.78 is 9.85. The van der Waals surface area contributed by atoms with Crippen LogP contribution in [0.25, 0.3) is 0 Å². The van der Waals surface area contributed by atoms with Gasteiger partial charge in [-0.25, -0.2) is 4.79 Å². The van der Waals surface area contributed by atoms with Gasteiger partial charge in [-0.2, -0.15) is 0 Å². The largest absolute Gasteiger partial charge is 0.445 e. The third-order valence-corrected chi connectivity index (χ3v) is 3.83. The number of ether oxygens (including phenoxy) is 2. The first-order valence-electron chi connectivity index (χ1n) is 7.96. The minimum Gasteiger partial charge on any atom is -0.445 e. The Bertz CT molecular complexity index is 599. The van der Waals surface area contributed by atoms with Crippen molar-refractivity contribution in [3.8, 4) is 0 Å². The highest BCUT2D eigenvalue weighted by molar-refractivity contribution is 5.82. The third kappa shape index (κ3) is 5.38. The Hall–Kier alpha value is -2.24. The number of benzene rings is 1. The molecule has 0 aliphatic carbocycles. The molecule has 1 heterocycles.